The first-order valence-corrected chi connectivity index (χ1v) is 6.27. The Morgan fingerprint density at radius 2 is 2.17 bits per heavy atom. The first kappa shape index (κ1) is 12.9. The number of nitrogens with one attached hydrogen (secondary N) is 1. The average Bonchev–Trinajstić information content (AvgIpc) is 2.36. The molecule has 0 saturated carbocycles. The molecule has 0 radical (unpaired) electrons. The minimum atomic E-state index is -0.517. The van der Waals surface area contributed by atoms with Gasteiger partial charge in [0.05, 0.1) is 18.1 Å². The molecule has 1 atom stereocenters. The molecule has 5 nitrogen and oxygen atoms in total. The fourth-order valence-corrected chi connectivity index (χ4v) is 2.30. The van der Waals surface area contributed by atoms with E-state index < -0.39 is 6.04 Å². The van der Waals surface area contributed by atoms with E-state index in [0.29, 0.717) is 11.4 Å². The van der Waals surface area contributed by atoms with E-state index in [1.165, 1.54) is 4.90 Å². The summed E-state index contributed by atoms with van der Waals surface area (Å²) in [7, 11) is 1.55. The molecule has 1 N–H and O–H groups in total. The van der Waals surface area contributed by atoms with Crippen molar-refractivity contribution in [2.24, 2.45) is 0 Å². The number of amides is 2. The normalized spacial score (nSPS) is 19.7. The molecule has 1 fully saturated rings. The second-order valence-corrected chi connectivity index (χ2v) is 4.83. The van der Waals surface area contributed by atoms with Crippen LogP contribution in [-0.4, -0.2) is 31.5 Å². The highest BCUT2D eigenvalue weighted by molar-refractivity contribution is 9.10. The van der Waals surface area contributed by atoms with E-state index in [0.717, 1.165) is 4.47 Å². The van der Waals surface area contributed by atoms with Gasteiger partial charge in [0.1, 0.15) is 11.8 Å². The topological polar surface area (TPSA) is 58.6 Å². The molecule has 1 aromatic rings. The van der Waals surface area contributed by atoms with Gasteiger partial charge in [-0.2, -0.15) is 0 Å². The number of nitrogens with zero attached hydrogens (tertiary/aromatic N) is 1. The van der Waals surface area contributed by atoms with E-state index in [-0.39, 0.29) is 18.4 Å². The van der Waals surface area contributed by atoms with E-state index in [2.05, 4.69) is 21.2 Å². The highest BCUT2D eigenvalue weighted by atomic mass is 79.9. The minimum Gasteiger partial charge on any atom is -0.495 e. The van der Waals surface area contributed by atoms with Gasteiger partial charge in [-0.3, -0.25) is 14.5 Å². The molecule has 2 rings (SSSR count). The zero-order valence-corrected chi connectivity index (χ0v) is 11.7. The fraction of sp³-hybridized carbons (Fsp3) is 0.333. The number of rotatable bonds is 2. The van der Waals surface area contributed by atoms with Gasteiger partial charge < -0.3 is 10.1 Å². The van der Waals surface area contributed by atoms with Crippen LogP contribution in [0.15, 0.2) is 22.7 Å². The Balaban J connectivity index is 2.40. The van der Waals surface area contributed by atoms with Gasteiger partial charge in [0.2, 0.25) is 11.8 Å². The summed E-state index contributed by atoms with van der Waals surface area (Å²) in [6, 6.07) is 4.79. The highest BCUT2D eigenvalue weighted by Gasteiger charge is 2.32. The number of methoxy groups -OCH3 is 1. The third kappa shape index (κ3) is 2.20. The van der Waals surface area contributed by atoms with Crippen molar-refractivity contribution in [3.05, 3.63) is 22.7 Å². The number of hydrogen-bond donors (Lipinski definition) is 1. The van der Waals surface area contributed by atoms with Gasteiger partial charge in [-0.05, 0) is 35.0 Å². The molecule has 1 aromatic carbocycles. The van der Waals surface area contributed by atoms with E-state index in [1.807, 2.05) is 0 Å². The van der Waals surface area contributed by atoms with Crippen LogP contribution in [0.3, 0.4) is 0 Å². The average molecular weight is 313 g/mol. The second-order valence-electron chi connectivity index (χ2n) is 3.98. The van der Waals surface area contributed by atoms with Crippen molar-refractivity contribution in [3.63, 3.8) is 0 Å². The van der Waals surface area contributed by atoms with Crippen molar-refractivity contribution in [2.45, 2.75) is 13.0 Å². The standard InChI is InChI=1S/C12H13BrN2O3/c1-7-12(17)14-6-11(16)15(7)8-3-4-9(13)10(5-8)18-2/h3-5,7H,6H2,1-2H3,(H,14,17). The lowest BCUT2D eigenvalue weighted by Crippen LogP contribution is -2.57. The number of piperazine rings is 1. The van der Waals surface area contributed by atoms with Gasteiger partial charge in [-0.1, -0.05) is 0 Å². The molecule has 96 valence electrons. The van der Waals surface area contributed by atoms with Gasteiger partial charge in [-0.25, -0.2) is 0 Å². The lowest BCUT2D eigenvalue weighted by molar-refractivity contribution is -0.130. The minimum absolute atomic E-state index is 0.0293. The predicted molar refractivity (Wildman–Crippen MR) is 70.7 cm³/mol. The monoisotopic (exact) mass is 312 g/mol. The number of benzene rings is 1. The zero-order valence-electron chi connectivity index (χ0n) is 10.1. The summed E-state index contributed by atoms with van der Waals surface area (Å²) in [5, 5.41) is 2.55. The van der Waals surface area contributed by atoms with E-state index in [1.54, 1.807) is 32.2 Å². The van der Waals surface area contributed by atoms with Crippen LogP contribution in [0.4, 0.5) is 5.69 Å². The first-order valence-electron chi connectivity index (χ1n) is 5.48. The highest BCUT2D eigenvalue weighted by Crippen LogP contribution is 2.31. The molecular formula is C12H13BrN2O3. The Bertz CT molecular complexity index is 504. The van der Waals surface area contributed by atoms with Gasteiger partial charge >= 0.3 is 0 Å². The summed E-state index contributed by atoms with van der Waals surface area (Å²) in [6.45, 7) is 1.72. The van der Waals surface area contributed by atoms with Crippen LogP contribution in [0.2, 0.25) is 0 Å². The van der Waals surface area contributed by atoms with Crippen molar-refractivity contribution in [1.29, 1.82) is 0 Å². The van der Waals surface area contributed by atoms with Crippen LogP contribution in [0.25, 0.3) is 0 Å². The quantitative estimate of drug-likeness (QED) is 0.895. The number of hydrogen-bond acceptors (Lipinski definition) is 3. The van der Waals surface area contributed by atoms with Crippen LogP contribution in [0.1, 0.15) is 6.92 Å². The first-order chi connectivity index (χ1) is 8.54. The van der Waals surface area contributed by atoms with Crippen molar-refractivity contribution in [2.75, 3.05) is 18.6 Å². The summed E-state index contributed by atoms with van der Waals surface area (Å²) in [6.07, 6.45) is 0. The molecule has 0 aromatic heterocycles. The Morgan fingerprint density at radius 3 is 2.83 bits per heavy atom. The fourth-order valence-electron chi connectivity index (χ4n) is 1.89. The molecule has 1 aliphatic heterocycles. The Labute approximate surface area is 113 Å². The maximum atomic E-state index is 11.9. The van der Waals surface area contributed by atoms with Gasteiger partial charge in [-0.15, -0.1) is 0 Å². The molecule has 1 aliphatic rings. The van der Waals surface area contributed by atoms with Gasteiger partial charge in [0.15, 0.2) is 0 Å². The number of carbonyl (C=O) groups is 2. The van der Waals surface area contributed by atoms with Crippen molar-refractivity contribution >= 4 is 33.4 Å². The second kappa shape index (κ2) is 4.97. The van der Waals surface area contributed by atoms with Crippen molar-refractivity contribution in [1.82, 2.24) is 5.32 Å². The van der Waals surface area contributed by atoms with Crippen LogP contribution >= 0.6 is 15.9 Å². The molecule has 2 amide bonds. The lowest BCUT2D eigenvalue weighted by Gasteiger charge is -2.32. The molecular weight excluding hydrogens is 300 g/mol. The molecule has 0 aliphatic carbocycles. The Kier molecular flexibility index (Phi) is 3.56. The van der Waals surface area contributed by atoms with Crippen molar-refractivity contribution < 1.29 is 14.3 Å². The summed E-state index contributed by atoms with van der Waals surface area (Å²) in [5.74, 6) is 0.335. The maximum absolute atomic E-state index is 11.9. The van der Waals surface area contributed by atoms with E-state index in [9.17, 15) is 9.59 Å². The van der Waals surface area contributed by atoms with Gasteiger partial charge in [0.25, 0.3) is 0 Å². The molecule has 1 saturated heterocycles. The molecule has 1 heterocycles. The Hall–Kier alpha value is -1.56. The molecule has 1 unspecified atom stereocenters. The summed E-state index contributed by atoms with van der Waals surface area (Å²) >= 11 is 3.35. The number of anilines is 1. The predicted octanol–water partition coefficient (Wildman–Crippen LogP) is 1.31. The summed E-state index contributed by atoms with van der Waals surface area (Å²) in [5.41, 5.74) is 0.655. The summed E-state index contributed by atoms with van der Waals surface area (Å²) < 4.78 is 5.99. The third-order valence-corrected chi connectivity index (χ3v) is 3.52. The number of halogens is 1. The SMILES string of the molecule is COc1cc(N2C(=O)CNC(=O)C2C)ccc1Br. The largest absolute Gasteiger partial charge is 0.495 e. The van der Waals surface area contributed by atoms with Crippen LogP contribution in [-0.2, 0) is 9.59 Å². The zero-order chi connectivity index (χ0) is 13.3. The van der Waals surface area contributed by atoms with E-state index in [4.69, 9.17) is 4.74 Å². The van der Waals surface area contributed by atoms with Crippen LogP contribution < -0.4 is 15.0 Å². The lowest BCUT2D eigenvalue weighted by atomic mass is 10.1. The smallest absolute Gasteiger partial charge is 0.247 e. The van der Waals surface area contributed by atoms with Crippen molar-refractivity contribution in [3.8, 4) is 5.75 Å². The maximum Gasteiger partial charge on any atom is 0.247 e. The molecule has 0 spiro atoms. The molecule has 0 bridgehead atoms. The molecule has 6 heteroatoms. The Morgan fingerprint density at radius 1 is 1.44 bits per heavy atom. The third-order valence-electron chi connectivity index (χ3n) is 2.86. The molecule has 18 heavy (non-hydrogen) atoms. The van der Waals surface area contributed by atoms with Gasteiger partial charge in [0, 0.05) is 11.8 Å². The van der Waals surface area contributed by atoms with Crippen LogP contribution in [0, 0.1) is 0 Å². The number of ether oxygens (including phenoxy) is 1. The number of carbonyl (C=O) groups excluding carboxylic acids is 2. The van der Waals surface area contributed by atoms with E-state index >= 15 is 0 Å². The van der Waals surface area contributed by atoms with Crippen LogP contribution in [0.5, 0.6) is 5.75 Å². The summed E-state index contributed by atoms with van der Waals surface area (Å²) in [4.78, 5) is 25.0.